The molecule has 0 aromatic heterocycles. The van der Waals surface area contributed by atoms with Crippen molar-refractivity contribution in [3.8, 4) is 0 Å². The maximum atomic E-state index is 14.4. The molecule has 10 amide bonds. The number of amides is 10. The first-order chi connectivity index (χ1) is 29.9. The highest BCUT2D eigenvalue weighted by Crippen LogP contribution is 2.65. The van der Waals surface area contributed by atoms with Crippen molar-refractivity contribution in [1.82, 2.24) is 41.3 Å². The van der Waals surface area contributed by atoms with Gasteiger partial charge in [0, 0.05) is 64.6 Å². The van der Waals surface area contributed by atoms with E-state index in [9.17, 15) is 47.9 Å². The van der Waals surface area contributed by atoms with Gasteiger partial charge in [-0.05, 0) is 74.3 Å². The normalized spacial score (nSPS) is 24.5. The first kappa shape index (κ1) is 47.6. The van der Waals surface area contributed by atoms with Gasteiger partial charge in [0.25, 0.3) is 11.8 Å². The quantitative estimate of drug-likeness (QED) is 0.116. The summed E-state index contributed by atoms with van der Waals surface area (Å²) in [6.07, 6.45) is 1.73. The standard InChI is InChI=1S/C45H63N9O10/c1-43(2,3)35(41(63)53-22-27-33(45(27,6)7)34(53)38(60)47-25(23-55)21-24-16-18-46-36(24)58)49-42(64)50-44(4,5)17-15-31(57)52(9)20-19-51(8)28-12-10-11-26-32(28)40(62)54(39(26)61)29-13-14-30(56)48-37(29)59/h10-12,23-25,27,29,33-35H,13-22H2,1-9H3,(H,46,58)(H,47,60)(H,48,56,59)(H2,49,50,64). The average Bonchev–Trinajstić information content (AvgIpc) is 3.62. The summed E-state index contributed by atoms with van der Waals surface area (Å²) in [7, 11) is 3.37. The smallest absolute Gasteiger partial charge is 0.315 e. The van der Waals surface area contributed by atoms with Crippen molar-refractivity contribution in [3.63, 3.8) is 0 Å². The molecule has 7 unspecified atom stereocenters. The number of nitrogens with zero attached hydrogens (tertiary/aromatic N) is 4. The van der Waals surface area contributed by atoms with E-state index < -0.39 is 76.6 Å². The van der Waals surface area contributed by atoms with Gasteiger partial charge in [0.05, 0.1) is 22.9 Å². The van der Waals surface area contributed by atoms with E-state index >= 15 is 0 Å². The number of anilines is 1. The van der Waals surface area contributed by atoms with E-state index in [1.807, 2.05) is 34.6 Å². The van der Waals surface area contributed by atoms with Gasteiger partial charge in [-0.2, -0.15) is 0 Å². The van der Waals surface area contributed by atoms with Crippen LogP contribution >= 0.6 is 0 Å². The number of benzene rings is 1. The number of likely N-dealkylation sites (tertiary alicyclic amines) is 1. The van der Waals surface area contributed by atoms with E-state index in [1.54, 1.807) is 45.0 Å². The van der Waals surface area contributed by atoms with Crippen LogP contribution in [0.3, 0.4) is 0 Å². The molecule has 1 saturated carbocycles. The molecule has 0 spiro atoms. The Morgan fingerprint density at radius 1 is 0.953 bits per heavy atom. The van der Waals surface area contributed by atoms with Gasteiger partial charge in [-0.15, -0.1) is 0 Å². The minimum atomic E-state index is -1.09. The monoisotopic (exact) mass is 889 g/mol. The van der Waals surface area contributed by atoms with Crippen LogP contribution in [0.1, 0.15) is 108 Å². The number of likely N-dealkylation sites (N-methyl/N-ethyl adjacent to an activating group) is 2. The van der Waals surface area contributed by atoms with Crippen LogP contribution in [-0.4, -0.2) is 144 Å². The van der Waals surface area contributed by atoms with E-state index in [4.69, 9.17) is 0 Å². The molecule has 6 rings (SSSR count). The zero-order valence-corrected chi connectivity index (χ0v) is 38.3. The SMILES string of the molecule is CN(CCN(C)c1cccc2c1C(=O)N(C1CCC(=O)NC1=O)C2=O)C(=O)CCC(C)(C)NC(=O)NC(C(=O)N1CC2C(C1C(=O)NC(C=O)CC1CCNC1=O)C2(C)C)C(C)(C)C. The van der Waals surface area contributed by atoms with Crippen LogP contribution in [0.5, 0.6) is 0 Å². The molecule has 1 aliphatic carbocycles. The third kappa shape index (κ3) is 9.62. The molecule has 5 N–H and O–H groups in total. The van der Waals surface area contributed by atoms with Gasteiger partial charge >= 0.3 is 6.03 Å². The molecule has 64 heavy (non-hydrogen) atoms. The summed E-state index contributed by atoms with van der Waals surface area (Å²) in [6.45, 7) is 14.4. The van der Waals surface area contributed by atoms with E-state index in [0.717, 1.165) is 4.90 Å². The Morgan fingerprint density at radius 3 is 2.28 bits per heavy atom. The van der Waals surface area contributed by atoms with E-state index in [2.05, 4.69) is 26.6 Å². The Hall–Kier alpha value is -5.88. The third-order valence-corrected chi connectivity index (χ3v) is 13.8. The van der Waals surface area contributed by atoms with Crippen molar-refractivity contribution in [3.05, 3.63) is 29.3 Å². The lowest BCUT2D eigenvalue weighted by Crippen LogP contribution is -2.62. The first-order valence-electron chi connectivity index (χ1n) is 22.1. The topological polar surface area (TPSA) is 244 Å². The Kier molecular flexibility index (Phi) is 13.3. The van der Waals surface area contributed by atoms with Crippen LogP contribution in [0.25, 0.3) is 0 Å². The summed E-state index contributed by atoms with van der Waals surface area (Å²) in [5.41, 5.74) is -1.11. The van der Waals surface area contributed by atoms with Crippen LogP contribution < -0.4 is 31.5 Å². The minimum Gasteiger partial charge on any atom is -0.372 e. The molecule has 1 aromatic carbocycles. The summed E-state index contributed by atoms with van der Waals surface area (Å²) >= 11 is 0. The average molecular weight is 890 g/mol. The Morgan fingerprint density at radius 2 is 1.66 bits per heavy atom. The number of hydrogen-bond acceptors (Lipinski definition) is 11. The lowest BCUT2D eigenvalue weighted by molar-refractivity contribution is -0.144. The largest absolute Gasteiger partial charge is 0.372 e. The van der Waals surface area contributed by atoms with Crippen molar-refractivity contribution in [2.75, 3.05) is 45.2 Å². The molecule has 1 aromatic rings. The molecule has 5 aliphatic rings. The third-order valence-electron chi connectivity index (χ3n) is 13.8. The Bertz CT molecular complexity index is 2130. The second-order valence-corrected chi connectivity index (χ2v) is 20.3. The van der Waals surface area contributed by atoms with E-state index in [0.29, 0.717) is 38.0 Å². The van der Waals surface area contributed by atoms with Crippen molar-refractivity contribution in [1.29, 1.82) is 0 Å². The summed E-state index contributed by atoms with van der Waals surface area (Å²) < 4.78 is 0. The molecule has 3 saturated heterocycles. The molecule has 0 bridgehead atoms. The maximum Gasteiger partial charge on any atom is 0.315 e. The van der Waals surface area contributed by atoms with E-state index in [1.165, 1.54) is 15.9 Å². The summed E-state index contributed by atoms with van der Waals surface area (Å²) in [6, 6.07) is 0.338. The highest BCUT2D eigenvalue weighted by atomic mass is 16.2. The van der Waals surface area contributed by atoms with Crippen LogP contribution in [0, 0.1) is 28.6 Å². The predicted molar refractivity (Wildman–Crippen MR) is 232 cm³/mol. The Labute approximate surface area is 373 Å². The fraction of sp³-hybridized carbons (Fsp3) is 0.644. The van der Waals surface area contributed by atoms with Crippen LogP contribution in [-0.2, 0) is 33.6 Å². The second kappa shape index (κ2) is 17.9. The van der Waals surface area contributed by atoms with Gasteiger partial charge in [0.1, 0.15) is 24.4 Å². The van der Waals surface area contributed by atoms with Crippen molar-refractivity contribution < 1.29 is 47.9 Å². The van der Waals surface area contributed by atoms with E-state index in [-0.39, 0.29) is 84.8 Å². The number of fused-ring (bicyclic) bond motifs is 2. The molecule has 348 valence electrons. The zero-order valence-electron chi connectivity index (χ0n) is 38.3. The predicted octanol–water partition coefficient (Wildman–Crippen LogP) is 0.948. The molecule has 19 heteroatoms. The fourth-order valence-corrected chi connectivity index (χ4v) is 9.73. The van der Waals surface area contributed by atoms with Gasteiger partial charge in [-0.1, -0.05) is 40.7 Å². The second-order valence-electron chi connectivity index (χ2n) is 20.3. The van der Waals surface area contributed by atoms with Crippen LogP contribution in [0.4, 0.5) is 10.5 Å². The maximum absolute atomic E-state index is 14.4. The number of carbonyl (C=O) groups excluding carboxylic acids is 10. The van der Waals surface area contributed by atoms with Crippen LogP contribution in [0.2, 0.25) is 0 Å². The zero-order chi connectivity index (χ0) is 47.2. The van der Waals surface area contributed by atoms with Gasteiger partial charge in [-0.3, -0.25) is 48.6 Å². The molecule has 4 fully saturated rings. The molecule has 19 nitrogen and oxygen atoms in total. The highest BCUT2D eigenvalue weighted by Gasteiger charge is 2.70. The number of imide groups is 2. The van der Waals surface area contributed by atoms with Gasteiger partial charge in [-0.25, -0.2) is 4.79 Å². The molecule has 4 heterocycles. The number of aldehydes is 1. The molecular weight excluding hydrogens is 827 g/mol. The first-order valence-corrected chi connectivity index (χ1v) is 22.1. The van der Waals surface area contributed by atoms with Gasteiger partial charge in [0.15, 0.2) is 0 Å². The number of carbonyl (C=O) groups is 10. The highest BCUT2D eigenvalue weighted by molar-refractivity contribution is 6.25. The molecule has 4 aliphatic heterocycles. The number of urea groups is 1. The number of piperidine rings is 2. The van der Waals surface area contributed by atoms with Crippen molar-refractivity contribution in [2.45, 2.75) is 117 Å². The number of rotatable bonds is 16. The fourth-order valence-electron chi connectivity index (χ4n) is 9.73. The number of hydrogen-bond donors (Lipinski definition) is 5. The number of nitrogens with one attached hydrogen (secondary N) is 5. The Balaban J connectivity index is 1.02. The van der Waals surface area contributed by atoms with Crippen molar-refractivity contribution in [2.24, 2.45) is 28.6 Å². The van der Waals surface area contributed by atoms with Crippen molar-refractivity contribution >= 4 is 65.3 Å². The summed E-state index contributed by atoms with van der Waals surface area (Å²) in [5, 5.41) is 13.5. The minimum absolute atomic E-state index is 0.00909. The lowest BCUT2D eigenvalue weighted by Gasteiger charge is -2.38. The summed E-state index contributed by atoms with van der Waals surface area (Å²) in [5.74, 6) is -4.12. The van der Waals surface area contributed by atoms with Gasteiger partial charge in [0.2, 0.25) is 35.4 Å². The summed E-state index contributed by atoms with van der Waals surface area (Å²) in [4.78, 5) is 136. The van der Waals surface area contributed by atoms with Crippen LogP contribution in [0.15, 0.2) is 18.2 Å². The molecule has 7 atom stereocenters. The van der Waals surface area contributed by atoms with Gasteiger partial charge < -0.3 is 40.8 Å². The lowest BCUT2D eigenvalue weighted by atomic mass is 9.85. The molecule has 0 radical (unpaired) electrons. The molecular formula is C45H63N9O10.